The minimum absolute atomic E-state index is 0.0583. The number of nitrogens with one attached hydrogen (secondary N) is 1. The molecule has 1 amide bonds. The van der Waals surface area contributed by atoms with Crippen molar-refractivity contribution >= 4 is 21.8 Å². The van der Waals surface area contributed by atoms with E-state index in [1.807, 2.05) is 24.3 Å². The fourth-order valence-electron chi connectivity index (χ4n) is 2.46. The van der Waals surface area contributed by atoms with Crippen LogP contribution in [0.4, 0.5) is 0 Å². The fraction of sp³-hybridized carbons (Fsp3) is 0.562. The van der Waals surface area contributed by atoms with E-state index < -0.39 is 6.04 Å². The summed E-state index contributed by atoms with van der Waals surface area (Å²) < 4.78 is 6.79. The number of nitrogens with two attached hydrogens (primary N) is 1. The van der Waals surface area contributed by atoms with Gasteiger partial charge in [-0.1, -0.05) is 15.9 Å². The Balaban J connectivity index is 1.63. The molecule has 0 spiro atoms. The van der Waals surface area contributed by atoms with Crippen LogP contribution in [0, 0.1) is 0 Å². The molecule has 1 aliphatic heterocycles. The molecule has 0 saturated carbocycles. The molecule has 1 fully saturated rings. The average molecular weight is 370 g/mol. The Morgan fingerprint density at radius 3 is 2.64 bits per heavy atom. The van der Waals surface area contributed by atoms with Gasteiger partial charge in [-0.3, -0.25) is 9.69 Å². The first kappa shape index (κ1) is 17.2. The third-order valence-electron chi connectivity index (χ3n) is 3.84. The number of rotatable bonds is 6. The second-order valence-electron chi connectivity index (χ2n) is 5.72. The van der Waals surface area contributed by atoms with E-state index in [-0.39, 0.29) is 11.9 Å². The standard InChI is InChI=1S/C16H24BrN3O2/c1-12(18)16(21)19-14-6-8-20(9-7-14)10-11-22-15-4-2-13(17)3-5-15/h2-5,12,14H,6-11,18H2,1H3,(H,19,21). The Labute approximate surface area is 140 Å². The Bertz CT molecular complexity index is 471. The van der Waals surface area contributed by atoms with Gasteiger partial charge >= 0.3 is 0 Å². The van der Waals surface area contributed by atoms with Gasteiger partial charge < -0.3 is 15.8 Å². The number of carbonyl (C=O) groups is 1. The molecule has 1 saturated heterocycles. The molecule has 0 bridgehead atoms. The lowest BCUT2D eigenvalue weighted by molar-refractivity contribution is -0.123. The van der Waals surface area contributed by atoms with E-state index >= 15 is 0 Å². The summed E-state index contributed by atoms with van der Waals surface area (Å²) in [5, 5.41) is 3.00. The van der Waals surface area contributed by atoms with Gasteiger partial charge in [0.1, 0.15) is 12.4 Å². The molecule has 1 aromatic rings. The van der Waals surface area contributed by atoms with Crippen LogP contribution in [-0.2, 0) is 4.79 Å². The molecule has 1 atom stereocenters. The lowest BCUT2D eigenvalue weighted by Crippen LogP contribution is -2.49. The molecule has 0 aromatic heterocycles. The van der Waals surface area contributed by atoms with Crippen molar-refractivity contribution in [2.75, 3.05) is 26.2 Å². The molecule has 2 rings (SSSR count). The third kappa shape index (κ3) is 5.59. The molecule has 3 N–H and O–H groups in total. The van der Waals surface area contributed by atoms with E-state index in [0.717, 1.165) is 42.7 Å². The van der Waals surface area contributed by atoms with E-state index in [1.165, 1.54) is 0 Å². The minimum atomic E-state index is -0.433. The van der Waals surface area contributed by atoms with Crippen LogP contribution in [0.15, 0.2) is 28.7 Å². The van der Waals surface area contributed by atoms with E-state index in [4.69, 9.17) is 10.5 Å². The van der Waals surface area contributed by atoms with Crippen molar-refractivity contribution in [2.45, 2.75) is 31.8 Å². The van der Waals surface area contributed by atoms with Gasteiger partial charge in [-0.2, -0.15) is 0 Å². The highest BCUT2D eigenvalue weighted by molar-refractivity contribution is 9.10. The van der Waals surface area contributed by atoms with Crippen LogP contribution in [0.5, 0.6) is 5.75 Å². The van der Waals surface area contributed by atoms with Crippen molar-refractivity contribution in [3.63, 3.8) is 0 Å². The van der Waals surface area contributed by atoms with Gasteiger partial charge in [0.25, 0.3) is 0 Å². The molecular weight excluding hydrogens is 346 g/mol. The predicted molar refractivity (Wildman–Crippen MR) is 90.9 cm³/mol. The largest absolute Gasteiger partial charge is 0.492 e. The van der Waals surface area contributed by atoms with Crippen molar-refractivity contribution in [3.05, 3.63) is 28.7 Å². The van der Waals surface area contributed by atoms with Gasteiger partial charge in [0.15, 0.2) is 0 Å². The van der Waals surface area contributed by atoms with Crippen LogP contribution in [0.25, 0.3) is 0 Å². The maximum Gasteiger partial charge on any atom is 0.236 e. The summed E-state index contributed by atoms with van der Waals surface area (Å²) in [4.78, 5) is 13.9. The zero-order chi connectivity index (χ0) is 15.9. The van der Waals surface area contributed by atoms with Gasteiger partial charge in [0, 0.05) is 30.1 Å². The monoisotopic (exact) mass is 369 g/mol. The number of carbonyl (C=O) groups excluding carboxylic acids is 1. The first-order valence-corrected chi connectivity index (χ1v) is 8.50. The number of piperidine rings is 1. The zero-order valence-corrected chi connectivity index (χ0v) is 14.5. The summed E-state index contributed by atoms with van der Waals surface area (Å²) >= 11 is 3.41. The molecule has 1 heterocycles. The van der Waals surface area contributed by atoms with Crippen LogP contribution in [0.1, 0.15) is 19.8 Å². The van der Waals surface area contributed by atoms with Crippen molar-refractivity contribution in [1.82, 2.24) is 10.2 Å². The summed E-state index contributed by atoms with van der Waals surface area (Å²) in [6.45, 7) is 5.26. The number of hydrogen-bond donors (Lipinski definition) is 2. The molecule has 122 valence electrons. The molecule has 1 unspecified atom stereocenters. The van der Waals surface area contributed by atoms with Gasteiger partial charge in [-0.15, -0.1) is 0 Å². The van der Waals surface area contributed by atoms with Crippen molar-refractivity contribution in [3.8, 4) is 5.75 Å². The Hall–Kier alpha value is -1.11. The van der Waals surface area contributed by atoms with E-state index in [2.05, 4.69) is 26.1 Å². The molecular formula is C16H24BrN3O2. The first-order chi connectivity index (χ1) is 10.5. The SMILES string of the molecule is CC(N)C(=O)NC1CCN(CCOc2ccc(Br)cc2)CC1. The highest BCUT2D eigenvalue weighted by atomic mass is 79.9. The van der Waals surface area contributed by atoms with Gasteiger partial charge in [-0.05, 0) is 44.0 Å². The number of ether oxygens (including phenoxy) is 1. The number of halogens is 1. The van der Waals surface area contributed by atoms with Crippen LogP contribution in [0.3, 0.4) is 0 Å². The summed E-state index contributed by atoms with van der Waals surface area (Å²) in [6.07, 6.45) is 1.94. The van der Waals surface area contributed by atoms with E-state index in [0.29, 0.717) is 6.61 Å². The van der Waals surface area contributed by atoms with Crippen LogP contribution in [0.2, 0.25) is 0 Å². The molecule has 0 radical (unpaired) electrons. The predicted octanol–water partition coefficient (Wildman–Crippen LogP) is 1.76. The topological polar surface area (TPSA) is 67.6 Å². The van der Waals surface area contributed by atoms with Crippen molar-refractivity contribution in [1.29, 1.82) is 0 Å². The smallest absolute Gasteiger partial charge is 0.236 e. The second-order valence-corrected chi connectivity index (χ2v) is 6.63. The second kappa shape index (κ2) is 8.50. The lowest BCUT2D eigenvalue weighted by atomic mass is 10.0. The maximum absolute atomic E-state index is 11.6. The van der Waals surface area contributed by atoms with Crippen LogP contribution < -0.4 is 15.8 Å². The Morgan fingerprint density at radius 2 is 2.05 bits per heavy atom. The first-order valence-electron chi connectivity index (χ1n) is 7.71. The summed E-state index contributed by atoms with van der Waals surface area (Å²) in [5.74, 6) is 0.833. The molecule has 0 aliphatic carbocycles. The summed E-state index contributed by atoms with van der Waals surface area (Å²) in [6, 6.07) is 7.68. The van der Waals surface area contributed by atoms with Crippen molar-refractivity contribution < 1.29 is 9.53 Å². The van der Waals surface area contributed by atoms with Crippen molar-refractivity contribution in [2.24, 2.45) is 5.73 Å². The quantitative estimate of drug-likeness (QED) is 0.801. The Morgan fingerprint density at radius 1 is 1.41 bits per heavy atom. The minimum Gasteiger partial charge on any atom is -0.492 e. The number of hydrogen-bond acceptors (Lipinski definition) is 4. The van der Waals surface area contributed by atoms with Gasteiger partial charge in [0.05, 0.1) is 6.04 Å². The number of benzene rings is 1. The molecule has 5 nitrogen and oxygen atoms in total. The van der Waals surface area contributed by atoms with E-state index in [9.17, 15) is 4.79 Å². The third-order valence-corrected chi connectivity index (χ3v) is 4.37. The van der Waals surface area contributed by atoms with Gasteiger partial charge in [-0.25, -0.2) is 0 Å². The fourth-order valence-corrected chi connectivity index (χ4v) is 2.72. The molecule has 6 heteroatoms. The summed E-state index contributed by atoms with van der Waals surface area (Å²) in [7, 11) is 0. The van der Waals surface area contributed by atoms with Crippen LogP contribution in [-0.4, -0.2) is 49.1 Å². The molecule has 22 heavy (non-hydrogen) atoms. The number of likely N-dealkylation sites (tertiary alicyclic amines) is 1. The highest BCUT2D eigenvalue weighted by Gasteiger charge is 2.21. The van der Waals surface area contributed by atoms with Crippen LogP contribution >= 0.6 is 15.9 Å². The lowest BCUT2D eigenvalue weighted by Gasteiger charge is -2.32. The number of amides is 1. The molecule has 1 aromatic carbocycles. The Kier molecular flexibility index (Phi) is 6.67. The van der Waals surface area contributed by atoms with E-state index in [1.54, 1.807) is 6.92 Å². The summed E-state index contributed by atoms with van der Waals surface area (Å²) in [5.41, 5.74) is 5.57. The number of nitrogens with zero attached hydrogens (tertiary/aromatic N) is 1. The van der Waals surface area contributed by atoms with Gasteiger partial charge in [0.2, 0.25) is 5.91 Å². The maximum atomic E-state index is 11.6. The molecule has 1 aliphatic rings. The highest BCUT2D eigenvalue weighted by Crippen LogP contribution is 2.16. The normalized spacial score (nSPS) is 18.0. The average Bonchev–Trinajstić information content (AvgIpc) is 2.51. The zero-order valence-electron chi connectivity index (χ0n) is 12.9.